The second kappa shape index (κ2) is 8.58. The van der Waals surface area contributed by atoms with Gasteiger partial charge in [0, 0.05) is 17.7 Å². The van der Waals surface area contributed by atoms with Gasteiger partial charge in [-0.15, -0.1) is 11.8 Å². The number of benzene rings is 1. The molecule has 0 fully saturated rings. The highest BCUT2D eigenvalue weighted by molar-refractivity contribution is 8.00. The summed E-state index contributed by atoms with van der Waals surface area (Å²) < 4.78 is 5.00. The van der Waals surface area contributed by atoms with E-state index < -0.39 is 0 Å². The van der Waals surface area contributed by atoms with Crippen molar-refractivity contribution < 1.29 is 14.5 Å². The molecule has 0 spiro atoms. The first kappa shape index (κ1) is 16.5. The van der Waals surface area contributed by atoms with Gasteiger partial charge in [-0.3, -0.25) is 14.9 Å². The number of nitro benzene ring substituents is 1. The molecule has 0 amide bonds. The first-order valence-electron chi connectivity index (χ1n) is 6.60. The molecule has 0 saturated carbocycles. The smallest absolute Gasteiger partial charge is 0.305 e. The van der Waals surface area contributed by atoms with Gasteiger partial charge >= 0.3 is 5.97 Å². The number of esters is 1. The van der Waals surface area contributed by atoms with Crippen molar-refractivity contribution in [1.82, 2.24) is 0 Å². The molecular weight excluding hydrogens is 278 g/mol. The van der Waals surface area contributed by atoms with E-state index in [0.29, 0.717) is 24.3 Å². The molecule has 0 aliphatic carbocycles. The second-order valence-electron chi connectivity index (χ2n) is 4.41. The zero-order chi connectivity index (χ0) is 15.0. The maximum Gasteiger partial charge on any atom is 0.305 e. The van der Waals surface area contributed by atoms with Gasteiger partial charge < -0.3 is 4.74 Å². The Balaban J connectivity index is 2.48. The van der Waals surface area contributed by atoms with Crippen LogP contribution in [0.25, 0.3) is 0 Å². The third kappa shape index (κ3) is 5.61. The quantitative estimate of drug-likeness (QED) is 0.316. The van der Waals surface area contributed by atoms with Crippen LogP contribution in [0.15, 0.2) is 29.2 Å². The summed E-state index contributed by atoms with van der Waals surface area (Å²) in [5, 5.41) is 11.0. The summed E-state index contributed by atoms with van der Waals surface area (Å²) in [6.45, 7) is 4.35. The summed E-state index contributed by atoms with van der Waals surface area (Å²) in [4.78, 5) is 22.5. The number of thioether (sulfide) groups is 1. The molecule has 1 atom stereocenters. The highest BCUT2D eigenvalue weighted by Gasteiger charge is 2.16. The molecule has 6 heteroatoms. The van der Waals surface area contributed by atoms with Gasteiger partial charge in [-0.1, -0.05) is 26.0 Å². The second-order valence-corrected chi connectivity index (χ2v) is 5.89. The van der Waals surface area contributed by atoms with Crippen LogP contribution < -0.4 is 0 Å². The molecule has 0 aliphatic rings. The molecule has 5 nitrogen and oxygen atoms in total. The summed E-state index contributed by atoms with van der Waals surface area (Å²) in [5.41, 5.74) is 0.109. The first-order valence-corrected chi connectivity index (χ1v) is 7.48. The minimum atomic E-state index is -0.384. The number of ether oxygens (including phenoxy) is 1. The normalized spacial score (nSPS) is 11.9. The molecule has 0 aromatic heterocycles. The van der Waals surface area contributed by atoms with Gasteiger partial charge in [0.1, 0.15) is 0 Å². The van der Waals surface area contributed by atoms with E-state index in [-0.39, 0.29) is 21.8 Å². The van der Waals surface area contributed by atoms with Crippen molar-refractivity contribution in [2.75, 3.05) is 6.61 Å². The monoisotopic (exact) mass is 297 g/mol. The summed E-state index contributed by atoms with van der Waals surface area (Å²) in [7, 11) is 0. The van der Waals surface area contributed by atoms with E-state index in [0.717, 1.165) is 6.42 Å². The molecule has 1 aromatic carbocycles. The Bertz CT molecular complexity index is 464. The van der Waals surface area contributed by atoms with Gasteiger partial charge in [0.05, 0.1) is 16.4 Å². The maximum atomic E-state index is 11.4. The summed E-state index contributed by atoms with van der Waals surface area (Å²) in [6.07, 6.45) is 1.79. The number of carbonyl (C=O) groups is 1. The van der Waals surface area contributed by atoms with E-state index in [9.17, 15) is 14.9 Å². The van der Waals surface area contributed by atoms with Gasteiger partial charge in [-0.2, -0.15) is 0 Å². The third-order valence-corrected chi connectivity index (χ3v) is 3.85. The molecule has 1 rings (SSSR count). The molecule has 0 bridgehead atoms. The van der Waals surface area contributed by atoms with Crippen LogP contribution in [0.2, 0.25) is 0 Å². The Kier molecular flexibility index (Phi) is 7.08. The summed E-state index contributed by atoms with van der Waals surface area (Å²) in [6, 6.07) is 6.64. The number of rotatable bonds is 8. The Morgan fingerprint density at radius 3 is 2.80 bits per heavy atom. The average molecular weight is 297 g/mol. The van der Waals surface area contributed by atoms with Crippen molar-refractivity contribution in [1.29, 1.82) is 0 Å². The molecule has 0 heterocycles. The third-order valence-electron chi connectivity index (χ3n) is 2.61. The van der Waals surface area contributed by atoms with Crippen molar-refractivity contribution in [3.8, 4) is 0 Å². The van der Waals surface area contributed by atoms with E-state index >= 15 is 0 Å². The van der Waals surface area contributed by atoms with Crippen molar-refractivity contribution in [2.24, 2.45) is 0 Å². The SMILES string of the molecule is CCCOC(=O)CC[C@H](C)Sc1ccccc1[N+](=O)[O-]. The predicted octanol–water partition coefficient (Wildman–Crippen LogP) is 3.81. The van der Waals surface area contributed by atoms with Crippen LogP contribution >= 0.6 is 11.8 Å². The van der Waals surface area contributed by atoms with Crippen molar-refractivity contribution in [3.63, 3.8) is 0 Å². The van der Waals surface area contributed by atoms with E-state index in [2.05, 4.69) is 0 Å². The Hall–Kier alpha value is -1.56. The number of nitro groups is 1. The molecule has 0 radical (unpaired) electrons. The van der Waals surface area contributed by atoms with Gasteiger partial charge in [0.25, 0.3) is 5.69 Å². The number of nitrogens with zero attached hydrogens (tertiary/aromatic N) is 1. The zero-order valence-corrected chi connectivity index (χ0v) is 12.5. The van der Waals surface area contributed by atoms with E-state index in [1.54, 1.807) is 18.2 Å². The van der Waals surface area contributed by atoms with Crippen molar-refractivity contribution in [3.05, 3.63) is 34.4 Å². The minimum Gasteiger partial charge on any atom is -0.466 e. The van der Waals surface area contributed by atoms with E-state index in [1.165, 1.54) is 17.8 Å². The lowest BCUT2D eigenvalue weighted by atomic mass is 10.2. The summed E-state index contributed by atoms with van der Waals surface area (Å²) >= 11 is 1.41. The first-order chi connectivity index (χ1) is 9.54. The van der Waals surface area contributed by atoms with Crippen LogP contribution in [-0.4, -0.2) is 22.7 Å². The molecular formula is C14H19NO4S. The molecule has 20 heavy (non-hydrogen) atoms. The Morgan fingerprint density at radius 2 is 2.15 bits per heavy atom. The van der Waals surface area contributed by atoms with Gasteiger partial charge in [0.2, 0.25) is 0 Å². The molecule has 0 aliphatic heterocycles. The van der Waals surface area contributed by atoms with Gasteiger partial charge in [0.15, 0.2) is 0 Å². The zero-order valence-electron chi connectivity index (χ0n) is 11.7. The number of para-hydroxylation sites is 1. The molecule has 0 N–H and O–H groups in total. The van der Waals surface area contributed by atoms with Gasteiger partial charge in [-0.25, -0.2) is 0 Å². The van der Waals surface area contributed by atoms with Crippen LogP contribution in [0, 0.1) is 10.1 Å². The predicted molar refractivity (Wildman–Crippen MR) is 78.9 cm³/mol. The lowest BCUT2D eigenvalue weighted by molar-refractivity contribution is -0.387. The van der Waals surface area contributed by atoms with Crippen LogP contribution in [0.3, 0.4) is 0 Å². The number of hydrogen-bond acceptors (Lipinski definition) is 5. The largest absolute Gasteiger partial charge is 0.466 e. The summed E-state index contributed by atoms with van der Waals surface area (Å²) in [5.74, 6) is -0.207. The molecule has 1 aromatic rings. The van der Waals surface area contributed by atoms with Crippen LogP contribution in [0.5, 0.6) is 0 Å². The minimum absolute atomic E-state index is 0.109. The molecule has 0 saturated heterocycles. The van der Waals surface area contributed by atoms with Gasteiger partial charge in [-0.05, 0) is 18.9 Å². The number of hydrogen-bond donors (Lipinski definition) is 0. The Morgan fingerprint density at radius 1 is 1.45 bits per heavy atom. The van der Waals surface area contributed by atoms with E-state index in [1.807, 2.05) is 13.8 Å². The maximum absolute atomic E-state index is 11.4. The average Bonchev–Trinajstić information content (AvgIpc) is 2.43. The highest BCUT2D eigenvalue weighted by Crippen LogP contribution is 2.33. The lowest BCUT2D eigenvalue weighted by Gasteiger charge is -2.11. The fraction of sp³-hybridized carbons (Fsp3) is 0.500. The van der Waals surface area contributed by atoms with Crippen LogP contribution in [0.4, 0.5) is 5.69 Å². The molecule has 0 unspecified atom stereocenters. The van der Waals surface area contributed by atoms with Crippen molar-refractivity contribution >= 4 is 23.4 Å². The fourth-order valence-corrected chi connectivity index (χ4v) is 2.68. The Labute approximate surface area is 122 Å². The standard InChI is InChI=1S/C14H19NO4S/c1-3-10-19-14(16)9-8-11(2)20-13-7-5-4-6-12(13)15(17)18/h4-7,11H,3,8-10H2,1-2H3/t11-/m0/s1. The van der Waals surface area contributed by atoms with E-state index in [4.69, 9.17) is 4.74 Å². The lowest BCUT2D eigenvalue weighted by Crippen LogP contribution is -2.08. The van der Waals surface area contributed by atoms with Crippen LogP contribution in [-0.2, 0) is 9.53 Å². The fourth-order valence-electron chi connectivity index (χ4n) is 1.59. The highest BCUT2D eigenvalue weighted by atomic mass is 32.2. The number of carbonyl (C=O) groups excluding carboxylic acids is 1. The van der Waals surface area contributed by atoms with Crippen LogP contribution in [0.1, 0.15) is 33.1 Å². The topological polar surface area (TPSA) is 69.4 Å². The van der Waals surface area contributed by atoms with Crippen molar-refractivity contribution in [2.45, 2.75) is 43.3 Å². The molecule has 110 valence electrons.